The van der Waals surface area contributed by atoms with Gasteiger partial charge in [-0.05, 0) is 31.5 Å². The zero-order valence-electron chi connectivity index (χ0n) is 10.4. The van der Waals surface area contributed by atoms with E-state index >= 15 is 0 Å². The Kier molecular flexibility index (Phi) is 4.92. The van der Waals surface area contributed by atoms with Crippen molar-refractivity contribution in [2.75, 3.05) is 13.7 Å². The molecule has 0 aliphatic carbocycles. The molecule has 0 spiro atoms. The summed E-state index contributed by atoms with van der Waals surface area (Å²) in [5.41, 5.74) is 0.840. The molecule has 0 unspecified atom stereocenters. The highest BCUT2D eigenvalue weighted by Crippen LogP contribution is 2.19. The number of benzene rings is 1. The summed E-state index contributed by atoms with van der Waals surface area (Å²) >= 11 is 0. The highest BCUT2D eigenvalue weighted by Gasteiger charge is 2.11. The van der Waals surface area contributed by atoms with Crippen LogP contribution < -0.4 is 4.74 Å². The van der Waals surface area contributed by atoms with Crippen molar-refractivity contribution < 1.29 is 9.13 Å². The summed E-state index contributed by atoms with van der Waals surface area (Å²) in [6, 6.07) is 7.23. The van der Waals surface area contributed by atoms with Gasteiger partial charge in [0, 0.05) is 12.6 Å². The number of methoxy groups -OCH3 is 1. The van der Waals surface area contributed by atoms with E-state index in [1.807, 2.05) is 24.8 Å². The molecular formula is C13H17FN2O. The summed E-state index contributed by atoms with van der Waals surface area (Å²) in [4.78, 5) is 1.97. The topological polar surface area (TPSA) is 36.3 Å². The van der Waals surface area contributed by atoms with Gasteiger partial charge in [0.15, 0.2) is 11.6 Å². The van der Waals surface area contributed by atoms with Gasteiger partial charge in [-0.15, -0.1) is 0 Å². The first-order valence-corrected chi connectivity index (χ1v) is 5.52. The van der Waals surface area contributed by atoms with E-state index in [9.17, 15) is 4.39 Å². The minimum atomic E-state index is -0.370. The number of nitrogens with zero attached hydrogens (tertiary/aromatic N) is 2. The lowest BCUT2D eigenvalue weighted by molar-refractivity contribution is 0.239. The summed E-state index contributed by atoms with van der Waals surface area (Å²) in [7, 11) is 1.44. The first-order chi connectivity index (χ1) is 8.08. The molecule has 0 atom stereocenters. The molecule has 0 bridgehead atoms. The monoisotopic (exact) mass is 236 g/mol. The van der Waals surface area contributed by atoms with E-state index < -0.39 is 0 Å². The molecular weight excluding hydrogens is 219 g/mol. The van der Waals surface area contributed by atoms with Crippen LogP contribution in [0.3, 0.4) is 0 Å². The fraction of sp³-hybridized carbons (Fsp3) is 0.462. The minimum absolute atomic E-state index is 0.241. The molecule has 0 saturated heterocycles. The highest BCUT2D eigenvalue weighted by molar-refractivity contribution is 5.29. The van der Waals surface area contributed by atoms with Crippen LogP contribution in [0.1, 0.15) is 19.4 Å². The van der Waals surface area contributed by atoms with Gasteiger partial charge in [0.1, 0.15) is 0 Å². The Morgan fingerprint density at radius 1 is 1.47 bits per heavy atom. The van der Waals surface area contributed by atoms with E-state index in [1.165, 1.54) is 13.2 Å². The normalized spacial score (nSPS) is 10.6. The van der Waals surface area contributed by atoms with Gasteiger partial charge in [0.05, 0.1) is 19.7 Å². The van der Waals surface area contributed by atoms with Gasteiger partial charge in [-0.3, -0.25) is 4.90 Å². The molecule has 0 aliphatic heterocycles. The van der Waals surface area contributed by atoms with Crippen molar-refractivity contribution >= 4 is 0 Å². The zero-order chi connectivity index (χ0) is 12.8. The predicted molar refractivity (Wildman–Crippen MR) is 64.1 cm³/mol. The summed E-state index contributed by atoms with van der Waals surface area (Å²) in [5.74, 6) is -0.129. The lowest BCUT2D eigenvalue weighted by Gasteiger charge is -2.23. The van der Waals surface area contributed by atoms with E-state index in [4.69, 9.17) is 10.00 Å². The van der Waals surface area contributed by atoms with Gasteiger partial charge < -0.3 is 4.74 Å². The molecule has 0 amide bonds. The average molecular weight is 236 g/mol. The number of halogens is 1. The first kappa shape index (κ1) is 13.5. The van der Waals surface area contributed by atoms with Crippen molar-refractivity contribution in [3.8, 4) is 11.8 Å². The van der Waals surface area contributed by atoms with Crippen LogP contribution in [0.5, 0.6) is 5.75 Å². The third kappa shape index (κ3) is 3.72. The van der Waals surface area contributed by atoms with Gasteiger partial charge in [0.25, 0.3) is 0 Å². The van der Waals surface area contributed by atoms with Gasteiger partial charge in [-0.2, -0.15) is 5.26 Å². The third-order valence-corrected chi connectivity index (χ3v) is 2.61. The standard InChI is InChI=1S/C13H17FN2O/c1-10(2)16(7-6-15)9-11-4-5-13(17-3)12(14)8-11/h4-5,8,10H,7,9H2,1-3H3. The molecule has 0 heterocycles. The van der Waals surface area contributed by atoms with Crippen LogP contribution in [-0.4, -0.2) is 24.6 Å². The van der Waals surface area contributed by atoms with Crippen LogP contribution in [0.25, 0.3) is 0 Å². The lowest BCUT2D eigenvalue weighted by atomic mass is 10.1. The Morgan fingerprint density at radius 2 is 2.18 bits per heavy atom. The Hall–Kier alpha value is -1.60. The van der Waals surface area contributed by atoms with E-state index in [0.29, 0.717) is 13.1 Å². The second-order valence-electron chi connectivity index (χ2n) is 4.13. The van der Waals surface area contributed by atoms with Crippen LogP contribution in [-0.2, 0) is 6.54 Å². The Labute approximate surface area is 101 Å². The largest absolute Gasteiger partial charge is 0.494 e. The number of hydrogen-bond acceptors (Lipinski definition) is 3. The SMILES string of the molecule is COc1ccc(CN(CC#N)C(C)C)cc1F. The summed E-state index contributed by atoms with van der Waals surface area (Å²) in [6.07, 6.45) is 0. The summed E-state index contributed by atoms with van der Waals surface area (Å²) < 4.78 is 18.3. The molecule has 0 radical (unpaired) electrons. The van der Waals surface area contributed by atoms with Crippen LogP contribution in [0, 0.1) is 17.1 Å². The molecule has 0 aliphatic rings. The number of rotatable bonds is 5. The molecule has 92 valence electrons. The lowest BCUT2D eigenvalue weighted by Crippen LogP contribution is -2.30. The maximum absolute atomic E-state index is 13.5. The van der Waals surface area contributed by atoms with Crippen LogP contribution in [0.15, 0.2) is 18.2 Å². The van der Waals surface area contributed by atoms with E-state index in [0.717, 1.165) is 5.56 Å². The van der Waals surface area contributed by atoms with E-state index in [2.05, 4.69) is 6.07 Å². The smallest absolute Gasteiger partial charge is 0.165 e. The predicted octanol–water partition coefficient (Wildman–Crippen LogP) is 2.57. The fourth-order valence-electron chi connectivity index (χ4n) is 1.55. The van der Waals surface area contributed by atoms with Crippen LogP contribution in [0.4, 0.5) is 4.39 Å². The quantitative estimate of drug-likeness (QED) is 0.737. The van der Waals surface area contributed by atoms with Crippen molar-refractivity contribution in [1.29, 1.82) is 5.26 Å². The molecule has 1 rings (SSSR count). The maximum Gasteiger partial charge on any atom is 0.165 e. The van der Waals surface area contributed by atoms with E-state index in [-0.39, 0.29) is 17.6 Å². The Balaban J connectivity index is 2.80. The molecule has 0 saturated carbocycles. The Bertz CT molecular complexity index is 412. The molecule has 1 aromatic rings. The van der Waals surface area contributed by atoms with Gasteiger partial charge in [-0.25, -0.2) is 4.39 Å². The van der Waals surface area contributed by atoms with Crippen molar-refractivity contribution in [3.05, 3.63) is 29.6 Å². The summed E-state index contributed by atoms with van der Waals surface area (Å²) in [5, 5.41) is 8.71. The average Bonchev–Trinajstić information content (AvgIpc) is 2.28. The first-order valence-electron chi connectivity index (χ1n) is 5.52. The minimum Gasteiger partial charge on any atom is -0.494 e. The molecule has 0 N–H and O–H groups in total. The fourth-order valence-corrected chi connectivity index (χ4v) is 1.55. The second-order valence-corrected chi connectivity index (χ2v) is 4.13. The number of nitriles is 1. The van der Waals surface area contributed by atoms with Gasteiger partial charge in [-0.1, -0.05) is 6.07 Å². The van der Waals surface area contributed by atoms with Crippen molar-refractivity contribution in [3.63, 3.8) is 0 Å². The summed E-state index contributed by atoms with van der Waals surface area (Å²) in [6.45, 7) is 4.92. The van der Waals surface area contributed by atoms with Gasteiger partial charge in [0.2, 0.25) is 0 Å². The molecule has 1 aromatic carbocycles. The Morgan fingerprint density at radius 3 is 2.65 bits per heavy atom. The van der Waals surface area contributed by atoms with Crippen molar-refractivity contribution in [2.24, 2.45) is 0 Å². The molecule has 17 heavy (non-hydrogen) atoms. The van der Waals surface area contributed by atoms with Gasteiger partial charge >= 0.3 is 0 Å². The zero-order valence-corrected chi connectivity index (χ0v) is 10.4. The molecule has 3 nitrogen and oxygen atoms in total. The molecule has 4 heteroatoms. The second kappa shape index (κ2) is 6.21. The number of hydrogen-bond donors (Lipinski definition) is 0. The third-order valence-electron chi connectivity index (χ3n) is 2.61. The van der Waals surface area contributed by atoms with Crippen LogP contribution in [0.2, 0.25) is 0 Å². The highest BCUT2D eigenvalue weighted by atomic mass is 19.1. The van der Waals surface area contributed by atoms with Crippen LogP contribution >= 0.6 is 0 Å². The maximum atomic E-state index is 13.5. The van der Waals surface area contributed by atoms with Crippen molar-refractivity contribution in [1.82, 2.24) is 4.90 Å². The van der Waals surface area contributed by atoms with E-state index in [1.54, 1.807) is 6.07 Å². The molecule has 0 fully saturated rings. The van der Waals surface area contributed by atoms with Crippen molar-refractivity contribution in [2.45, 2.75) is 26.4 Å². The number of ether oxygens (including phenoxy) is 1. The molecule has 0 aromatic heterocycles.